The Labute approximate surface area is 227 Å². The molecule has 194 valence electrons. The van der Waals surface area contributed by atoms with E-state index < -0.39 is 11.8 Å². The lowest BCUT2D eigenvalue weighted by atomic mass is 9.93. The fraction of sp³-hybridized carbons (Fsp3) is 0.267. The van der Waals surface area contributed by atoms with Crippen molar-refractivity contribution in [1.82, 2.24) is 14.7 Å². The zero-order chi connectivity index (χ0) is 27.2. The number of carbonyl (C=O) groups excluding carboxylic acids is 2. The third kappa shape index (κ3) is 5.41. The van der Waals surface area contributed by atoms with Crippen LogP contribution in [0.5, 0.6) is 5.75 Å². The summed E-state index contributed by atoms with van der Waals surface area (Å²) in [5, 5.41) is 15.0. The number of carbonyl (C=O) groups is 2. The predicted octanol–water partition coefficient (Wildman–Crippen LogP) is 6.37. The molecular formula is C30H29ClN4O3. The van der Waals surface area contributed by atoms with Crippen molar-refractivity contribution in [2.75, 3.05) is 13.2 Å². The van der Waals surface area contributed by atoms with Crippen molar-refractivity contribution in [3.63, 3.8) is 0 Å². The number of amides is 2. The van der Waals surface area contributed by atoms with Crippen LogP contribution >= 0.6 is 11.6 Å². The van der Waals surface area contributed by atoms with Gasteiger partial charge in [-0.3, -0.25) is 14.5 Å². The minimum atomic E-state index is -0.556. The Morgan fingerprint density at radius 3 is 2.50 bits per heavy atom. The molecule has 0 saturated heterocycles. The molecule has 2 heterocycles. The third-order valence-electron chi connectivity index (χ3n) is 6.30. The summed E-state index contributed by atoms with van der Waals surface area (Å²) in [5.41, 5.74) is 3.44. The lowest BCUT2D eigenvalue weighted by molar-refractivity contribution is -0.140. The van der Waals surface area contributed by atoms with E-state index in [9.17, 15) is 14.9 Å². The summed E-state index contributed by atoms with van der Waals surface area (Å²) in [5.74, 6) is -0.385. The number of ether oxygens (including phenoxy) is 1. The summed E-state index contributed by atoms with van der Waals surface area (Å²) in [6.07, 6.45) is 6.06. The second-order valence-electron chi connectivity index (χ2n) is 8.99. The van der Waals surface area contributed by atoms with Gasteiger partial charge in [0, 0.05) is 29.4 Å². The van der Waals surface area contributed by atoms with Crippen molar-refractivity contribution >= 4 is 29.5 Å². The number of aromatic nitrogens is 2. The molecule has 2 amide bonds. The van der Waals surface area contributed by atoms with Gasteiger partial charge in [-0.15, -0.1) is 0 Å². The van der Waals surface area contributed by atoms with Crippen LogP contribution in [0.15, 0.2) is 71.4 Å². The summed E-state index contributed by atoms with van der Waals surface area (Å²) >= 11 is 6.56. The molecule has 0 bridgehead atoms. The van der Waals surface area contributed by atoms with Crippen LogP contribution in [0.3, 0.4) is 0 Å². The van der Waals surface area contributed by atoms with Crippen molar-refractivity contribution < 1.29 is 14.3 Å². The number of nitriles is 1. The van der Waals surface area contributed by atoms with Gasteiger partial charge in [-0.05, 0) is 61.7 Å². The number of para-hydroxylation sites is 1. The Hall–Kier alpha value is -4.15. The fourth-order valence-corrected chi connectivity index (χ4v) is 4.47. The second kappa shape index (κ2) is 11.9. The quantitative estimate of drug-likeness (QED) is 0.183. The zero-order valence-corrected chi connectivity index (χ0v) is 22.5. The molecule has 0 radical (unpaired) electrons. The number of unbranched alkanes of at least 4 members (excludes halogenated alkanes) is 1. The molecule has 8 heteroatoms. The van der Waals surface area contributed by atoms with Crippen molar-refractivity contribution in [3.8, 4) is 28.8 Å². The van der Waals surface area contributed by atoms with Gasteiger partial charge >= 0.3 is 0 Å². The minimum absolute atomic E-state index is 0.0297. The normalized spacial score (nSPS) is 14.8. The van der Waals surface area contributed by atoms with Crippen LogP contribution in [0.1, 0.15) is 45.6 Å². The number of hydrogen-bond acceptors (Lipinski definition) is 5. The van der Waals surface area contributed by atoms with E-state index in [1.54, 1.807) is 23.7 Å². The lowest BCUT2D eigenvalue weighted by Gasteiger charge is -2.27. The van der Waals surface area contributed by atoms with Crippen LogP contribution in [-0.2, 0) is 9.59 Å². The first-order valence-electron chi connectivity index (χ1n) is 12.7. The van der Waals surface area contributed by atoms with Crippen LogP contribution in [0.4, 0.5) is 0 Å². The zero-order valence-electron chi connectivity index (χ0n) is 21.7. The van der Waals surface area contributed by atoms with Gasteiger partial charge in [0.05, 0.1) is 17.3 Å². The van der Waals surface area contributed by atoms with Crippen molar-refractivity contribution in [2.24, 2.45) is 0 Å². The molecule has 4 rings (SSSR count). The topological polar surface area (TPSA) is 88.2 Å². The SMILES string of the molecule is CCCCOc1ccc(-c2nn(-c3ccccc3)cc2/C=C2/C(=O)N(CCC)C(=O)C(C#N)=C2C)cc1Cl. The third-order valence-corrected chi connectivity index (χ3v) is 6.59. The van der Waals surface area contributed by atoms with E-state index in [4.69, 9.17) is 21.4 Å². The van der Waals surface area contributed by atoms with Gasteiger partial charge in [-0.25, -0.2) is 4.68 Å². The van der Waals surface area contributed by atoms with Gasteiger partial charge in [0.15, 0.2) is 0 Å². The number of hydrogen-bond donors (Lipinski definition) is 0. The predicted molar refractivity (Wildman–Crippen MR) is 148 cm³/mol. The number of imide groups is 1. The Balaban J connectivity index is 1.86. The summed E-state index contributed by atoms with van der Waals surface area (Å²) < 4.78 is 7.53. The van der Waals surface area contributed by atoms with Gasteiger partial charge in [0.25, 0.3) is 11.8 Å². The molecule has 1 aliphatic rings. The van der Waals surface area contributed by atoms with Crippen molar-refractivity contribution in [1.29, 1.82) is 5.26 Å². The first kappa shape index (κ1) is 26.9. The maximum absolute atomic E-state index is 13.4. The Kier molecular flexibility index (Phi) is 8.45. The highest BCUT2D eigenvalue weighted by Crippen LogP contribution is 2.34. The Bertz CT molecular complexity index is 1460. The minimum Gasteiger partial charge on any atom is -0.492 e. The molecule has 7 nitrogen and oxygen atoms in total. The molecule has 0 spiro atoms. The molecule has 2 aromatic carbocycles. The molecule has 0 atom stereocenters. The van der Waals surface area contributed by atoms with Crippen LogP contribution in [0, 0.1) is 11.3 Å². The van der Waals surface area contributed by atoms with Crippen LogP contribution in [0.2, 0.25) is 5.02 Å². The molecule has 1 aliphatic heterocycles. The highest BCUT2D eigenvalue weighted by molar-refractivity contribution is 6.32. The molecule has 1 aromatic heterocycles. The average Bonchev–Trinajstić information content (AvgIpc) is 3.35. The lowest BCUT2D eigenvalue weighted by Crippen LogP contribution is -2.43. The van der Waals surface area contributed by atoms with E-state index in [0.717, 1.165) is 29.0 Å². The van der Waals surface area contributed by atoms with Gasteiger partial charge in [0.2, 0.25) is 0 Å². The van der Waals surface area contributed by atoms with Crippen molar-refractivity contribution in [3.05, 3.63) is 82.0 Å². The van der Waals surface area contributed by atoms with Gasteiger partial charge in [-0.2, -0.15) is 10.4 Å². The summed E-state index contributed by atoms with van der Waals surface area (Å²) in [4.78, 5) is 27.3. The van der Waals surface area contributed by atoms with Crippen LogP contribution in [0.25, 0.3) is 23.0 Å². The highest BCUT2D eigenvalue weighted by Gasteiger charge is 2.35. The average molecular weight is 529 g/mol. The maximum atomic E-state index is 13.4. The molecule has 0 N–H and O–H groups in total. The Morgan fingerprint density at radius 2 is 1.84 bits per heavy atom. The van der Waals surface area contributed by atoms with Gasteiger partial charge < -0.3 is 4.74 Å². The van der Waals surface area contributed by atoms with E-state index in [-0.39, 0.29) is 17.7 Å². The molecular weight excluding hydrogens is 500 g/mol. The molecule has 0 fully saturated rings. The fourth-order valence-electron chi connectivity index (χ4n) is 4.23. The van der Waals surface area contributed by atoms with E-state index in [1.807, 2.05) is 61.7 Å². The van der Waals surface area contributed by atoms with Crippen LogP contribution < -0.4 is 4.74 Å². The smallest absolute Gasteiger partial charge is 0.271 e. The summed E-state index contributed by atoms with van der Waals surface area (Å²) in [6, 6.07) is 17.1. The number of halogens is 1. The standard InChI is InChI=1S/C30H29ClN4O3/c1-4-6-15-38-27-13-12-21(17-26(27)31)28-22(19-35(33-28)23-10-8-7-9-11-23)16-24-20(3)25(18-32)30(37)34(14-5-2)29(24)36/h7-13,16-17,19H,4-6,14-15H2,1-3H3/b24-16+. The maximum Gasteiger partial charge on any atom is 0.271 e. The summed E-state index contributed by atoms with van der Waals surface area (Å²) in [6.45, 7) is 6.42. The highest BCUT2D eigenvalue weighted by atomic mass is 35.5. The Morgan fingerprint density at radius 1 is 1.08 bits per heavy atom. The number of rotatable bonds is 9. The van der Waals surface area contributed by atoms with E-state index >= 15 is 0 Å². The van der Waals surface area contributed by atoms with Gasteiger partial charge in [-0.1, -0.05) is 50.1 Å². The van der Waals surface area contributed by atoms with E-state index in [1.165, 1.54) is 0 Å². The van der Waals surface area contributed by atoms with Crippen molar-refractivity contribution in [2.45, 2.75) is 40.0 Å². The molecule has 0 unspecified atom stereocenters. The first-order chi connectivity index (χ1) is 18.4. The monoisotopic (exact) mass is 528 g/mol. The molecule has 3 aromatic rings. The second-order valence-corrected chi connectivity index (χ2v) is 9.40. The summed E-state index contributed by atoms with van der Waals surface area (Å²) in [7, 11) is 0. The molecule has 0 aliphatic carbocycles. The van der Waals surface area contributed by atoms with Crippen LogP contribution in [-0.4, -0.2) is 39.6 Å². The molecule has 0 saturated carbocycles. The largest absolute Gasteiger partial charge is 0.492 e. The van der Waals surface area contributed by atoms with Gasteiger partial charge in [0.1, 0.15) is 23.1 Å². The number of nitrogens with zero attached hydrogens (tertiary/aromatic N) is 4. The van der Waals surface area contributed by atoms with E-state index in [0.29, 0.717) is 40.6 Å². The molecule has 38 heavy (non-hydrogen) atoms. The van der Waals surface area contributed by atoms with E-state index in [2.05, 4.69) is 6.92 Å². The number of benzene rings is 2. The first-order valence-corrected chi connectivity index (χ1v) is 13.0.